The first-order valence-electron chi connectivity index (χ1n) is 16.2. The summed E-state index contributed by atoms with van der Waals surface area (Å²) >= 11 is 1.66. The maximum absolute atomic E-state index is 6.57. The van der Waals surface area contributed by atoms with Crippen molar-refractivity contribution in [3.05, 3.63) is 196 Å². The second-order valence-electron chi connectivity index (χ2n) is 11.3. The van der Waals surface area contributed by atoms with Crippen LogP contribution in [0.4, 0.5) is 5.69 Å². The van der Waals surface area contributed by atoms with Crippen molar-refractivity contribution in [3.63, 3.8) is 0 Å². The fourth-order valence-corrected chi connectivity index (χ4v) is 5.98. The molecule has 1 aliphatic rings. The van der Waals surface area contributed by atoms with E-state index in [2.05, 4.69) is 59.6 Å². The molecule has 6 nitrogen and oxygen atoms in total. The predicted octanol–water partition coefficient (Wildman–Crippen LogP) is 10.4. The van der Waals surface area contributed by atoms with Crippen molar-refractivity contribution in [2.24, 2.45) is 0 Å². The number of aromatic nitrogens is 2. The molecule has 0 bridgehead atoms. The van der Waals surface area contributed by atoms with Crippen LogP contribution in [0.5, 0.6) is 23.0 Å². The third-order valence-electron chi connectivity index (χ3n) is 7.49. The molecule has 270 valence electrons. The fraction of sp³-hybridized carbons (Fsp3) is 0.0222. The molecule has 0 atom stereocenters. The zero-order valence-corrected chi connectivity index (χ0v) is 34.0. The summed E-state index contributed by atoms with van der Waals surface area (Å²) in [5.41, 5.74) is 4.08. The first kappa shape index (κ1) is 40.0. The van der Waals surface area contributed by atoms with Crippen LogP contribution < -0.4 is 14.4 Å². The van der Waals surface area contributed by atoms with Crippen LogP contribution in [0.25, 0.3) is 22.4 Å². The van der Waals surface area contributed by atoms with Crippen LogP contribution in [-0.4, -0.2) is 21.5 Å². The maximum atomic E-state index is 6.57. The van der Waals surface area contributed by atoms with Gasteiger partial charge in [0.2, 0.25) is 0 Å². The van der Waals surface area contributed by atoms with E-state index in [-0.39, 0.29) is 42.1 Å². The van der Waals surface area contributed by atoms with E-state index in [4.69, 9.17) is 15.9 Å². The van der Waals surface area contributed by atoms with E-state index in [1.165, 1.54) is 0 Å². The van der Waals surface area contributed by atoms with Gasteiger partial charge in [-0.05, 0) is 43.7 Å². The molecule has 7 aromatic rings. The fourth-order valence-electron chi connectivity index (χ4n) is 5.07. The molecule has 0 radical (unpaired) electrons. The number of benzene rings is 5. The van der Waals surface area contributed by atoms with Crippen molar-refractivity contribution < 1.29 is 51.6 Å². The Balaban J connectivity index is 0.000000562. The molecular weight excluding hydrogens is 1050 g/mol. The van der Waals surface area contributed by atoms with E-state index in [0.29, 0.717) is 23.0 Å². The third-order valence-corrected chi connectivity index (χ3v) is 8.47. The van der Waals surface area contributed by atoms with Gasteiger partial charge in [0.1, 0.15) is 0 Å². The molecule has 3 heterocycles. The first-order chi connectivity index (χ1) is 25.6. The van der Waals surface area contributed by atoms with Crippen molar-refractivity contribution in [2.45, 2.75) is 9.79 Å². The molecule has 0 saturated carbocycles. The van der Waals surface area contributed by atoms with Crippen LogP contribution in [0, 0.1) is 49.5 Å². The normalized spacial score (nSPS) is 11.3. The summed E-state index contributed by atoms with van der Waals surface area (Å²) in [6.07, 6.45) is 15.7. The number of hydrogen-bond donors (Lipinski definition) is 0. The Morgan fingerprint density at radius 2 is 1.41 bits per heavy atom. The molecular formula is C45H29N4O2Pt2S-3. The zero-order chi connectivity index (χ0) is 35.5. The predicted molar refractivity (Wildman–Crippen MR) is 204 cm³/mol. The van der Waals surface area contributed by atoms with Gasteiger partial charge in [-0.15, -0.1) is 71.5 Å². The topological polar surface area (TPSA) is 42.8 Å². The Morgan fingerprint density at radius 3 is 2.13 bits per heavy atom. The van der Waals surface area contributed by atoms with Crippen molar-refractivity contribution in [1.29, 1.82) is 0 Å². The minimum Gasteiger partial charge on any atom is -0.669 e. The van der Waals surface area contributed by atoms with Gasteiger partial charge >= 0.3 is 21.1 Å². The van der Waals surface area contributed by atoms with E-state index < -0.39 is 0 Å². The second kappa shape index (κ2) is 19.7. The standard InChI is InChI=1S/C39H25N3O2S.C6H4N.2Pt/c1-41-20-21-42(28-41)32-11-9-15-35(26-32)44-34-14-8-10-30(22-34)39-25-29(18-19-40-39)31-23-36(43-33-12-4-2-5-13-33)27-38(24-31)45-37-16-6-3-7-17-37;1-2-7-5-3-4-6-7;;/h2-12,14-17,19-21,24-25,27-28H,1H3;3-6H;;/q-6;-1;;+4. The summed E-state index contributed by atoms with van der Waals surface area (Å²) in [6.45, 7) is 1.97. The zero-order valence-electron chi connectivity index (χ0n) is 28.7. The summed E-state index contributed by atoms with van der Waals surface area (Å²) < 4.78 is 13.9. The molecule has 2 aromatic heterocycles. The van der Waals surface area contributed by atoms with E-state index in [0.717, 1.165) is 37.9 Å². The third kappa shape index (κ3) is 10.9. The van der Waals surface area contributed by atoms with Crippen LogP contribution in [0.2, 0.25) is 0 Å². The van der Waals surface area contributed by atoms with Crippen LogP contribution in [0.15, 0.2) is 162 Å². The van der Waals surface area contributed by atoms with Gasteiger partial charge in [0, 0.05) is 61.4 Å². The van der Waals surface area contributed by atoms with Gasteiger partial charge in [0.05, 0.1) is 0 Å². The Morgan fingerprint density at radius 1 is 0.685 bits per heavy atom. The Labute approximate surface area is 350 Å². The molecule has 0 saturated heterocycles. The van der Waals surface area contributed by atoms with Crippen LogP contribution in [0.1, 0.15) is 0 Å². The number of pyridine rings is 1. The number of anilines is 1. The molecule has 9 heteroatoms. The number of ether oxygens (including phenoxy) is 2. The number of nitrogens with zero attached hydrogens (tertiary/aromatic N) is 4. The average molecular weight is 1080 g/mol. The minimum atomic E-state index is 0. The summed E-state index contributed by atoms with van der Waals surface area (Å²) in [4.78, 5) is 10.7. The molecule has 54 heavy (non-hydrogen) atoms. The van der Waals surface area contributed by atoms with Crippen LogP contribution >= 0.6 is 11.8 Å². The number of rotatable bonds is 9. The van der Waals surface area contributed by atoms with Gasteiger partial charge in [0.25, 0.3) is 0 Å². The number of hydrogen-bond acceptors (Lipinski definition) is 6. The largest absolute Gasteiger partial charge is 4.00 e. The average Bonchev–Trinajstić information content (AvgIpc) is 3.89. The van der Waals surface area contributed by atoms with E-state index >= 15 is 0 Å². The molecule has 0 N–H and O–H groups in total. The summed E-state index contributed by atoms with van der Waals surface area (Å²) in [5.74, 6) is 2.38. The maximum Gasteiger partial charge on any atom is 4.00 e. The number of para-hydroxylation sites is 1. The molecule has 0 unspecified atom stereocenters. The van der Waals surface area contributed by atoms with Gasteiger partial charge in [0.15, 0.2) is 0 Å². The van der Waals surface area contributed by atoms with Crippen molar-refractivity contribution >= 4 is 17.4 Å². The summed E-state index contributed by atoms with van der Waals surface area (Å²) in [5, 5.41) is 0. The monoisotopic (exact) mass is 1080 g/mol. The molecule has 5 aromatic carbocycles. The van der Waals surface area contributed by atoms with Gasteiger partial charge in [-0.2, -0.15) is 43.1 Å². The van der Waals surface area contributed by atoms with Gasteiger partial charge in [-0.25, -0.2) is 18.2 Å². The van der Waals surface area contributed by atoms with E-state index in [9.17, 15) is 0 Å². The second-order valence-corrected chi connectivity index (χ2v) is 12.5. The molecule has 8 rings (SSSR count). The van der Waals surface area contributed by atoms with Crippen molar-refractivity contribution in [2.75, 3.05) is 11.9 Å². The van der Waals surface area contributed by atoms with Gasteiger partial charge < -0.3 is 35.2 Å². The van der Waals surface area contributed by atoms with E-state index in [1.54, 1.807) is 34.9 Å². The molecule has 0 spiro atoms. The van der Waals surface area contributed by atoms with Gasteiger partial charge in [-0.3, -0.25) is 11.1 Å². The summed E-state index contributed by atoms with van der Waals surface area (Å²) in [6, 6.07) is 57.8. The van der Waals surface area contributed by atoms with Gasteiger partial charge in [-0.1, -0.05) is 47.1 Å². The molecule has 0 fully saturated rings. The first-order valence-corrected chi connectivity index (χ1v) is 17.0. The molecule has 0 aliphatic carbocycles. The Bertz CT molecular complexity index is 2250. The quantitative estimate of drug-likeness (QED) is 0.106. The minimum absolute atomic E-state index is 0. The smallest absolute Gasteiger partial charge is 0.669 e. The van der Waals surface area contributed by atoms with Crippen molar-refractivity contribution in [1.82, 2.24) is 14.5 Å². The van der Waals surface area contributed by atoms with Crippen molar-refractivity contribution in [3.8, 4) is 51.4 Å². The Kier molecular flexibility index (Phi) is 14.6. The van der Waals surface area contributed by atoms with Crippen LogP contribution in [0.3, 0.4) is 0 Å². The molecule has 1 aliphatic heterocycles. The summed E-state index contributed by atoms with van der Waals surface area (Å²) in [7, 11) is 1.98. The Hall–Kier alpha value is -5.24. The van der Waals surface area contributed by atoms with Crippen LogP contribution in [-0.2, 0) is 42.1 Å². The SMILES string of the molecule is CN1C=CN(c2[c-]c(Oc3[c-]c(-c4cc(-c5[c-]c(Oc6[c-]cccc6)cc(Sc6ccccc6)c5)[c-]cn4)ccc3)ccc2)[CH-]1.[C-]#Cn1cccc1.[Pt+4].[Pt]. The van der Waals surface area contributed by atoms with E-state index in [1.807, 2.05) is 139 Å². The molecule has 0 amide bonds.